The van der Waals surface area contributed by atoms with Gasteiger partial charge in [-0.1, -0.05) is 35.5 Å². The van der Waals surface area contributed by atoms with E-state index in [9.17, 15) is 23.5 Å². The van der Waals surface area contributed by atoms with Gasteiger partial charge in [0, 0.05) is 22.7 Å². The summed E-state index contributed by atoms with van der Waals surface area (Å²) in [6.45, 7) is 0. The number of rotatable bonds is 10. The highest BCUT2D eigenvalue weighted by atomic mass is 19.2. The summed E-state index contributed by atoms with van der Waals surface area (Å²) < 4.78 is 33.8. The number of benzene rings is 3. The number of aromatic hydroxyl groups is 1. The Labute approximate surface area is 233 Å². The van der Waals surface area contributed by atoms with Crippen LogP contribution in [0.2, 0.25) is 0 Å². The number of carbonyl (C=O) groups is 2. The predicted molar refractivity (Wildman–Crippen MR) is 146 cm³/mol. The summed E-state index contributed by atoms with van der Waals surface area (Å²) in [6.07, 6.45) is 4.29. The van der Waals surface area contributed by atoms with Gasteiger partial charge in [-0.15, -0.1) is 5.10 Å². The molecule has 11 heteroatoms. The Balaban J connectivity index is 1.45. The summed E-state index contributed by atoms with van der Waals surface area (Å²) in [6, 6.07) is 16.0. The van der Waals surface area contributed by atoms with Crippen LogP contribution in [0.25, 0.3) is 10.9 Å². The van der Waals surface area contributed by atoms with Crippen molar-refractivity contribution in [3.8, 4) is 5.75 Å². The number of ether oxygens (including phenoxy) is 1. The fourth-order valence-electron chi connectivity index (χ4n) is 4.69. The Kier molecular flexibility index (Phi) is 8.04. The van der Waals surface area contributed by atoms with Gasteiger partial charge in [0.1, 0.15) is 11.4 Å². The predicted octanol–water partition coefficient (Wildman–Crippen LogP) is 4.80. The first-order valence-electron chi connectivity index (χ1n) is 12.9. The van der Waals surface area contributed by atoms with Gasteiger partial charge in [-0.25, -0.2) is 13.5 Å². The maximum absolute atomic E-state index is 13.8. The number of aromatic amines is 1. The van der Waals surface area contributed by atoms with E-state index in [1.165, 1.54) is 25.3 Å². The first kappa shape index (κ1) is 27.5. The van der Waals surface area contributed by atoms with Crippen molar-refractivity contribution in [3.05, 3.63) is 113 Å². The fraction of sp³-hybridized carbons (Fsp3) is 0.200. The molecule has 2 atom stereocenters. The quantitative estimate of drug-likeness (QED) is 0.211. The smallest absolute Gasteiger partial charge is 0.307 e. The van der Waals surface area contributed by atoms with Crippen molar-refractivity contribution in [2.75, 3.05) is 7.11 Å². The Bertz CT molecular complexity index is 1680. The number of hydrogen-bond acceptors (Lipinski definition) is 6. The van der Waals surface area contributed by atoms with E-state index in [1.54, 1.807) is 23.0 Å². The van der Waals surface area contributed by atoms with E-state index in [0.717, 1.165) is 34.2 Å². The second-order valence-electron chi connectivity index (χ2n) is 9.65. The van der Waals surface area contributed by atoms with Gasteiger partial charge in [-0.05, 0) is 60.4 Å². The van der Waals surface area contributed by atoms with Crippen molar-refractivity contribution in [1.82, 2.24) is 25.3 Å². The normalized spacial score (nSPS) is 12.7. The zero-order valence-electron chi connectivity index (χ0n) is 22.1. The summed E-state index contributed by atoms with van der Waals surface area (Å²) in [5.74, 6) is -3.16. The molecule has 0 fully saturated rings. The zero-order valence-corrected chi connectivity index (χ0v) is 22.1. The molecule has 0 aliphatic rings. The monoisotopic (exact) mass is 559 g/mol. The van der Waals surface area contributed by atoms with Crippen LogP contribution in [0.4, 0.5) is 8.78 Å². The third-order valence-electron chi connectivity index (χ3n) is 6.88. The highest BCUT2D eigenvalue weighted by Gasteiger charge is 2.25. The third-order valence-corrected chi connectivity index (χ3v) is 6.88. The molecular formula is C30H27F2N5O4. The lowest BCUT2D eigenvalue weighted by atomic mass is 10.0. The van der Waals surface area contributed by atoms with E-state index in [4.69, 9.17) is 4.74 Å². The van der Waals surface area contributed by atoms with Crippen molar-refractivity contribution in [2.45, 2.75) is 31.3 Å². The van der Waals surface area contributed by atoms with E-state index >= 15 is 0 Å². The molecule has 41 heavy (non-hydrogen) atoms. The maximum atomic E-state index is 13.8. The molecule has 3 N–H and O–H groups in total. The minimum Gasteiger partial charge on any atom is -0.508 e. The number of esters is 1. The summed E-state index contributed by atoms with van der Waals surface area (Å²) in [4.78, 5) is 28.6. The lowest BCUT2D eigenvalue weighted by Crippen LogP contribution is -2.30. The number of hydrogen-bond donors (Lipinski definition) is 3. The van der Waals surface area contributed by atoms with Gasteiger partial charge in [0.25, 0.3) is 5.91 Å². The van der Waals surface area contributed by atoms with Crippen molar-refractivity contribution in [1.29, 1.82) is 0 Å². The molecule has 0 aliphatic carbocycles. The van der Waals surface area contributed by atoms with Crippen LogP contribution < -0.4 is 5.32 Å². The minimum atomic E-state index is -1.14. The Morgan fingerprint density at radius 2 is 1.83 bits per heavy atom. The molecule has 0 radical (unpaired) electrons. The van der Waals surface area contributed by atoms with Crippen molar-refractivity contribution in [3.63, 3.8) is 0 Å². The molecule has 9 nitrogen and oxygen atoms in total. The number of H-pyrrole nitrogens is 1. The molecule has 3 aromatic carbocycles. The molecular weight excluding hydrogens is 532 g/mol. The van der Waals surface area contributed by atoms with Gasteiger partial charge in [0.05, 0.1) is 31.8 Å². The van der Waals surface area contributed by atoms with Gasteiger partial charge in [0.2, 0.25) is 0 Å². The van der Waals surface area contributed by atoms with Crippen LogP contribution in [0.15, 0.2) is 79.1 Å². The number of para-hydroxylation sites is 1. The van der Waals surface area contributed by atoms with E-state index in [1.807, 2.05) is 30.5 Å². The summed E-state index contributed by atoms with van der Waals surface area (Å²) in [5, 5.41) is 22.1. The van der Waals surface area contributed by atoms with Gasteiger partial charge >= 0.3 is 5.97 Å². The first-order chi connectivity index (χ1) is 19.8. The Morgan fingerprint density at radius 3 is 2.59 bits per heavy atom. The lowest BCUT2D eigenvalue weighted by molar-refractivity contribution is -0.141. The van der Waals surface area contributed by atoms with Gasteiger partial charge in [0.15, 0.2) is 11.6 Å². The first-order valence-corrected chi connectivity index (χ1v) is 12.9. The molecule has 2 aromatic heterocycles. The lowest BCUT2D eigenvalue weighted by Gasteiger charge is -2.18. The van der Waals surface area contributed by atoms with Crippen molar-refractivity contribution in [2.24, 2.45) is 0 Å². The highest BCUT2D eigenvalue weighted by molar-refractivity contribution is 5.94. The number of amides is 1. The van der Waals surface area contributed by atoms with Crippen LogP contribution in [0.3, 0.4) is 0 Å². The Hall–Kier alpha value is -5.06. The van der Waals surface area contributed by atoms with Gasteiger partial charge in [-0.3, -0.25) is 9.59 Å². The minimum absolute atomic E-state index is 0.0304. The van der Waals surface area contributed by atoms with Crippen LogP contribution in [-0.2, 0) is 22.4 Å². The molecule has 210 valence electrons. The number of halogens is 2. The summed E-state index contributed by atoms with van der Waals surface area (Å²) in [5.41, 5.74) is 3.06. The van der Waals surface area contributed by atoms with E-state index in [0.29, 0.717) is 12.1 Å². The number of fused-ring (bicyclic) bond motifs is 1. The van der Waals surface area contributed by atoms with Gasteiger partial charge < -0.3 is 20.1 Å². The number of phenols is 1. The topological polar surface area (TPSA) is 122 Å². The molecule has 0 aliphatic heterocycles. The average Bonchev–Trinajstić information content (AvgIpc) is 3.63. The molecule has 5 rings (SSSR count). The van der Waals surface area contributed by atoms with Crippen molar-refractivity contribution < 1.29 is 28.2 Å². The van der Waals surface area contributed by atoms with Crippen LogP contribution in [0, 0.1) is 11.6 Å². The molecule has 1 unspecified atom stereocenters. The Morgan fingerprint density at radius 1 is 1.05 bits per heavy atom. The average molecular weight is 560 g/mol. The van der Waals surface area contributed by atoms with Gasteiger partial charge in [-0.2, -0.15) is 0 Å². The maximum Gasteiger partial charge on any atom is 0.307 e. The number of methoxy groups -OCH3 is 1. The second kappa shape index (κ2) is 12.0. The molecule has 2 heterocycles. The number of carbonyl (C=O) groups excluding carboxylic acids is 2. The van der Waals surface area contributed by atoms with E-state index in [-0.39, 0.29) is 24.2 Å². The number of aromatic nitrogens is 4. The van der Waals surface area contributed by atoms with Crippen LogP contribution >= 0.6 is 0 Å². The van der Waals surface area contributed by atoms with Crippen LogP contribution in [-0.4, -0.2) is 44.1 Å². The highest BCUT2D eigenvalue weighted by Crippen LogP contribution is 2.26. The standard InChI is InChI=1S/C30H27F2N5O4/c1-41-29(39)15-21(13-20-16-33-26-5-3-2-4-23(20)26)37-17-28(35-36-37)27(12-18-6-9-22(38)10-7-18)34-30(40)19-8-11-24(31)25(32)14-19/h2-11,14,16-17,21,27,33,38H,12-13,15H2,1H3,(H,34,40)/t21-,27?/m1/s1. The fourth-order valence-corrected chi connectivity index (χ4v) is 4.69. The number of phenolic OH excluding ortho intramolecular Hbond substituents is 1. The summed E-state index contributed by atoms with van der Waals surface area (Å²) in [7, 11) is 1.32. The largest absolute Gasteiger partial charge is 0.508 e. The molecule has 0 bridgehead atoms. The third kappa shape index (κ3) is 6.40. The SMILES string of the molecule is COC(=O)C[C@@H](Cc1c[nH]c2ccccc12)n1cc(C(Cc2ccc(O)cc2)NC(=O)c2ccc(F)c(F)c2)nn1. The zero-order chi connectivity index (χ0) is 28.9. The molecule has 0 saturated carbocycles. The number of nitrogens with one attached hydrogen (secondary N) is 2. The van der Waals surface area contributed by atoms with E-state index < -0.39 is 35.6 Å². The molecule has 0 saturated heterocycles. The molecule has 1 amide bonds. The van der Waals surface area contributed by atoms with Crippen LogP contribution in [0.5, 0.6) is 5.75 Å². The van der Waals surface area contributed by atoms with Crippen LogP contribution in [0.1, 0.15) is 45.7 Å². The second-order valence-corrected chi connectivity index (χ2v) is 9.65. The molecule has 0 spiro atoms. The number of nitrogens with zero attached hydrogens (tertiary/aromatic N) is 3. The van der Waals surface area contributed by atoms with E-state index in [2.05, 4.69) is 20.6 Å². The molecule has 5 aromatic rings. The summed E-state index contributed by atoms with van der Waals surface area (Å²) >= 11 is 0. The van der Waals surface area contributed by atoms with Crippen molar-refractivity contribution >= 4 is 22.8 Å².